The SMILES string of the molecule is Cc1cc(C)c(-c2cc(N3CN(C)c4cccnc43)cc(N3CN(C)c4cccnc43)c2)c(C)c1. The smallest absolute Gasteiger partial charge is 0.158 e. The molecule has 2 aromatic heterocycles. The molecule has 6 rings (SSSR count). The van der Waals surface area contributed by atoms with Gasteiger partial charge in [0.15, 0.2) is 11.6 Å². The van der Waals surface area contributed by atoms with E-state index in [2.05, 4.69) is 96.9 Å². The molecule has 176 valence electrons. The molecule has 0 saturated carbocycles. The molecule has 35 heavy (non-hydrogen) atoms. The Bertz CT molecular complexity index is 1340. The van der Waals surface area contributed by atoms with Crippen LogP contribution in [-0.4, -0.2) is 37.4 Å². The Hall–Kier alpha value is -4.06. The van der Waals surface area contributed by atoms with Crippen molar-refractivity contribution in [1.82, 2.24) is 9.97 Å². The predicted octanol–water partition coefficient (Wildman–Crippen LogP) is 6.16. The fourth-order valence-electron chi connectivity index (χ4n) is 5.59. The lowest BCUT2D eigenvalue weighted by atomic mass is 9.93. The average molecular weight is 463 g/mol. The van der Waals surface area contributed by atoms with Crippen molar-refractivity contribution < 1.29 is 0 Å². The highest BCUT2D eigenvalue weighted by Gasteiger charge is 2.29. The van der Waals surface area contributed by atoms with Crippen molar-refractivity contribution >= 4 is 34.4 Å². The summed E-state index contributed by atoms with van der Waals surface area (Å²) in [7, 11) is 4.24. The number of benzene rings is 2. The lowest BCUT2D eigenvalue weighted by molar-refractivity contribution is 0.933. The van der Waals surface area contributed by atoms with Crippen LogP contribution in [0.4, 0.5) is 34.4 Å². The highest BCUT2D eigenvalue weighted by molar-refractivity contribution is 5.87. The molecule has 4 aromatic rings. The zero-order valence-electron chi connectivity index (χ0n) is 20.9. The lowest BCUT2D eigenvalue weighted by Crippen LogP contribution is -2.26. The number of aryl methyl sites for hydroxylation is 3. The molecule has 0 bridgehead atoms. The number of nitrogens with zero attached hydrogens (tertiary/aromatic N) is 6. The van der Waals surface area contributed by atoms with Gasteiger partial charge >= 0.3 is 0 Å². The van der Waals surface area contributed by atoms with Gasteiger partial charge in [0.05, 0.1) is 24.7 Å². The summed E-state index contributed by atoms with van der Waals surface area (Å²) < 4.78 is 0. The number of rotatable bonds is 3. The zero-order valence-corrected chi connectivity index (χ0v) is 20.9. The van der Waals surface area contributed by atoms with E-state index in [4.69, 9.17) is 9.97 Å². The van der Waals surface area contributed by atoms with Gasteiger partial charge in [0.25, 0.3) is 0 Å². The molecule has 0 fully saturated rings. The molecule has 2 aliphatic heterocycles. The standard InChI is InChI=1S/C29H30N6/c1-19-12-20(2)27(21(3)13-19)22-14-23(34-17-32(4)25-8-6-10-30-28(25)34)16-24(15-22)35-18-33(5)26-9-7-11-31-29(26)35/h6-16H,17-18H2,1-5H3. The van der Waals surface area contributed by atoms with Crippen LogP contribution in [0.2, 0.25) is 0 Å². The molecule has 0 radical (unpaired) electrons. The van der Waals surface area contributed by atoms with E-state index in [1.54, 1.807) is 0 Å². The van der Waals surface area contributed by atoms with E-state index in [-0.39, 0.29) is 0 Å². The third kappa shape index (κ3) is 3.48. The second kappa shape index (κ2) is 8.01. The normalized spacial score (nSPS) is 14.5. The van der Waals surface area contributed by atoms with Crippen molar-refractivity contribution in [2.24, 2.45) is 0 Å². The maximum atomic E-state index is 4.74. The van der Waals surface area contributed by atoms with E-state index >= 15 is 0 Å². The zero-order chi connectivity index (χ0) is 24.3. The second-order valence-electron chi connectivity index (χ2n) is 9.74. The molecule has 0 atom stereocenters. The van der Waals surface area contributed by atoms with Crippen LogP contribution in [0.1, 0.15) is 16.7 Å². The maximum Gasteiger partial charge on any atom is 0.158 e. The summed E-state index contributed by atoms with van der Waals surface area (Å²) in [5.74, 6) is 1.99. The fourth-order valence-corrected chi connectivity index (χ4v) is 5.59. The third-order valence-electron chi connectivity index (χ3n) is 7.06. The maximum absolute atomic E-state index is 4.74. The van der Waals surface area contributed by atoms with E-state index in [9.17, 15) is 0 Å². The number of aromatic nitrogens is 2. The van der Waals surface area contributed by atoms with Gasteiger partial charge in [0.2, 0.25) is 0 Å². The van der Waals surface area contributed by atoms with Crippen LogP contribution in [-0.2, 0) is 0 Å². The molecule has 6 nitrogen and oxygen atoms in total. The van der Waals surface area contributed by atoms with Crippen molar-refractivity contribution in [3.8, 4) is 11.1 Å². The molecule has 0 saturated heterocycles. The van der Waals surface area contributed by atoms with Gasteiger partial charge in [0.1, 0.15) is 0 Å². The van der Waals surface area contributed by atoms with Gasteiger partial charge in [-0.3, -0.25) is 0 Å². The van der Waals surface area contributed by atoms with Crippen LogP contribution >= 0.6 is 0 Å². The van der Waals surface area contributed by atoms with Crippen LogP contribution < -0.4 is 19.6 Å². The summed E-state index contributed by atoms with van der Waals surface area (Å²) in [6.45, 7) is 8.11. The van der Waals surface area contributed by atoms with Crippen LogP contribution in [0.25, 0.3) is 11.1 Å². The molecule has 4 heterocycles. The highest BCUT2D eigenvalue weighted by Crippen LogP contribution is 2.44. The molecule has 0 unspecified atom stereocenters. The first-order valence-corrected chi connectivity index (χ1v) is 12.0. The summed E-state index contributed by atoms with van der Waals surface area (Å²) in [5.41, 5.74) is 10.9. The van der Waals surface area contributed by atoms with E-state index in [1.165, 1.54) is 27.8 Å². The minimum absolute atomic E-state index is 0.760. The molecule has 2 aliphatic rings. The van der Waals surface area contributed by atoms with Crippen molar-refractivity contribution in [1.29, 1.82) is 0 Å². The first-order chi connectivity index (χ1) is 16.9. The molecule has 6 heteroatoms. The fraction of sp³-hybridized carbons (Fsp3) is 0.241. The van der Waals surface area contributed by atoms with Gasteiger partial charge in [0, 0.05) is 37.9 Å². The monoisotopic (exact) mass is 462 g/mol. The predicted molar refractivity (Wildman–Crippen MR) is 145 cm³/mol. The molecule has 0 amide bonds. The molecule has 2 aromatic carbocycles. The molecule has 0 spiro atoms. The largest absolute Gasteiger partial charge is 0.354 e. The Morgan fingerprint density at radius 3 is 1.63 bits per heavy atom. The van der Waals surface area contributed by atoms with E-state index in [1.807, 2.05) is 24.5 Å². The Morgan fingerprint density at radius 2 is 1.14 bits per heavy atom. The molecule has 0 N–H and O–H groups in total. The van der Waals surface area contributed by atoms with Crippen molar-refractivity contribution in [3.63, 3.8) is 0 Å². The highest BCUT2D eigenvalue weighted by atomic mass is 15.4. The topological polar surface area (TPSA) is 38.7 Å². The van der Waals surface area contributed by atoms with Gasteiger partial charge < -0.3 is 19.6 Å². The minimum atomic E-state index is 0.760. The number of anilines is 6. The summed E-state index contributed by atoms with van der Waals surface area (Å²) in [4.78, 5) is 18.6. The first kappa shape index (κ1) is 21.5. The van der Waals surface area contributed by atoms with Crippen LogP contribution in [0.3, 0.4) is 0 Å². The Kier molecular flexibility index (Phi) is 4.92. The quantitative estimate of drug-likeness (QED) is 0.363. The number of fused-ring (bicyclic) bond motifs is 2. The van der Waals surface area contributed by atoms with Crippen molar-refractivity contribution in [3.05, 3.63) is 83.7 Å². The van der Waals surface area contributed by atoms with Crippen LogP contribution in [0.15, 0.2) is 67.0 Å². The van der Waals surface area contributed by atoms with Crippen molar-refractivity contribution in [2.45, 2.75) is 20.8 Å². The minimum Gasteiger partial charge on any atom is -0.354 e. The van der Waals surface area contributed by atoms with E-state index in [0.29, 0.717) is 0 Å². The van der Waals surface area contributed by atoms with Crippen molar-refractivity contribution in [2.75, 3.05) is 47.0 Å². The summed E-state index contributed by atoms with van der Waals surface area (Å²) >= 11 is 0. The van der Waals surface area contributed by atoms with E-state index < -0.39 is 0 Å². The average Bonchev–Trinajstić information content (AvgIpc) is 3.36. The first-order valence-electron chi connectivity index (χ1n) is 12.0. The lowest BCUT2D eigenvalue weighted by Gasteiger charge is -2.25. The third-order valence-corrected chi connectivity index (χ3v) is 7.06. The number of hydrogen-bond donors (Lipinski definition) is 0. The molecular weight excluding hydrogens is 432 g/mol. The van der Waals surface area contributed by atoms with Crippen LogP contribution in [0.5, 0.6) is 0 Å². The molecule has 0 aliphatic carbocycles. The summed E-state index contributed by atoms with van der Waals surface area (Å²) in [6, 6.07) is 19.7. The van der Waals surface area contributed by atoms with E-state index in [0.717, 1.165) is 47.7 Å². The number of hydrogen-bond acceptors (Lipinski definition) is 6. The summed E-state index contributed by atoms with van der Waals surface area (Å²) in [6.07, 6.45) is 3.75. The Balaban J connectivity index is 1.55. The number of pyridine rings is 2. The second-order valence-corrected chi connectivity index (χ2v) is 9.74. The van der Waals surface area contributed by atoms with Gasteiger partial charge in [-0.05, 0) is 85.5 Å². The van der Waals surface area contributed by atoms with Gasteiger partial charge in [-0.1, -0.05) is 17.7 Å². The van der Waals surface area contributed by atoms with Crippen LogP contribution in [0, 0.1) is 20.8 Å². The molecular formula is C29H30N6. The summed E-state index contributed by atoms with van der Waals surface area (Å²) in [5, 5.41) is 0. The Morgan fingerprint density at radius 1 is 0.657 bits per heavy atom. The van der Waals surface area contributed by atoms with Gasteiger partial charge in [-0.15, -0.1) is 0 Å². The van der Waals surface area contributed by atoms with Gasteiger partial charge in [-0.25, -0.2) is 9.97 Å². The Labute approximate surface area is 207 Å². The van der Waals surface area contributed by atoms with Gasteiger partial charge in [-0.2, -0.15) is 0 Å².